The minimum Gasteiger partial charge on any atom is -0.343 e. The predicted molar refractivity (Wildman–Crippen MR) is 105 cm³/mol. The van der Waals surface area contributed by atoms with Gasteiger partial charge < -0.3 is 10.2 Å². The van der Waals surface area contributed by atoms with Gasteiger partial charge in [0.05, 0.1) is 22.1 Å². The molecule has 0 aliphatic carbocycles. The first kappa shape index (κ1) is 17.2. The number of rotatable bonds is 5. The highest BCUT2D eigenvalue weighted by molar-refractivity contribution is 7.13. The Morgan fingerprint density at radius 2 is 1.80 bits per heavy atom. The molecule has 0 spiro atoms. The summed E-state index contributed by atoms with van der Waals surface area (Å²) in [7, 11) is 1.99. The molecule has 5 heteroatoms. The smallest absolute Gasteiger partial charge is 0.267 e. The number of hydrogen-bond donors (Lipinski definition) is 1. The van der Waals surface area contributed by atoms with E-state index in [1.54, 1.807) is 0 Å². The standard InChI is InChI=1S/C20H21N3OS/c1-4-18-21-14(2)19(25-18)20(24)22-16-12-8-9-13-17(16)23(3)15-10-6-5-7-11-15/h5-13H,4H2,1-3H3,(H,22,24). The molecule has 3 aromatic rings. The van der Waals surface area contributed by atoms with Crippen molar-refractivity contribution < 1.29 is 4.79 Å². The Morgan fingerprint density at radius 3 is 2.48 bits per heavy atom. The molecule has 0 bridgehead atoms. The quantitative estimate of drug-likeness (QED) is 0.701. The van der Waals surface area contributed by atoms with E-state index in [0.29, 0.717) is 4.88 Å². The van der Waals surface area contributed by atoms with Gasteiger partial charge in [0.2, 0.25) is 0 Å². The highest BCUT2D eigenvalue weighted by atomic mass is 32.1. The second-order valence-corrected chi connectivity index (χ2v) is 6.83. The van der Waals surface area contributed by atoms with E-state index in [0.717, 1.165) is 34.2 Å². The van der Waals surface area contributed by atoms with Crippen molar-refractivity contribution in [2.75, 3.05) is 17.3 Å². The average molecular weight is 351 g/mol. The molecule has 1 heterocycles. The van der Waals surface area contributed by atoms with Crippen LogP contribution in [-0.2, 0) is 6.42 Å². The molecule has 3 rings (SSSR count). The molecule has 0 fully saturated rings. The molecule has 1 N–H and O–H groups in total. The summed E-state index contributed by atoms with van der Waals surface area (Å²) < 4.78 is 0. The molecule has 2 aromatic carbocycles. The van der Waals surface area contributed by atoms with Crippen molar-refractivity contribution in [1.29, 1.82) is 0 Å². The molecule has 1 amide bonds. The van der Waals surface area contributed by atoms with Crippen LogP contribution < -0.4 is 10.2 Å². The lowest BCUT2D eigenvalue weighted by atomic mass is 10.2. The predicted octanol–water partition coefficient (Wildman–Crippen LogP) is 5.03. The van der Waals surface area contributed by atoms with Crippen LogP contribution in [0.3, 0.4) is 0 Å². The summed E-state index contributed by atoms with van der Waals surface area (Å²) in [5, 5.41) is 4.03. The Hall–Kier alpha value is -2.66. The van der Waals surface area contributed by atoms with Gasteiger partial charge in [-0.05, 0) is 37.6 Å². The van der Waals surface area contributed by atoms with Gasteiger partial charge in [-0.15, -0.1) is 11.3 Å². The summed E-state index contributed by atoms with van der Waals surface area (Å²) >= 11 is 1.46. The first-order valence-corrected chi connectivity index (χ1v) is 9.07. The Morgan fingerprint density at radius 1 is 1.12 bits per heavy atom. The van der Waals surface area contributed by atoms with Crippen LogP contribution in [0.5, 0.6) is 0 Å². The van der Waals surface area contributed by atoms with Crippen molar-refractivity contribution >= 4 is 34.3 Å². The summed E-state index contributed by atoms with van der Waals surface area (Å²) in [5.74, 6) is -0.108. The van der Waals surface area contributed by atoms with Gasteiger partial charge in [0.15, 0.2) is 0 Å². The summed E-state index contributed by atoms with van der Waals surface area (Å²) in [6, 6.07) is 17.9. The van der Waals surface area contributed by atoms with Crippen molar-refractivity contribution in [3.05, 3.63) is 70.2 Å². The van der Waals surface area contributed by atoms with Crippen LogP contribution in [0, 0.1) is 6.92 Å². The van der Waals surface area contributed by atoms with Crippen LogP contribution in [0.4, 0.5) is 17.1 Å². The number of carbonyl (C=O) groups excluding carboxylic acids is 1. The molecular formula is C20H21N3OS. The van der Waals surface area contributed by atoms with E-state index in [-0.39, 0.29) is 5.91 Å². The minimum absolute atomic E-state index is 0.108. The van der Waals surface area contributed by atoms with Crippen LogP contribution in [0.1, 0.15) is 27.3 Å². The molecule has 0 aliphatic heterocycles. The number of hydrogen-bond acceptors (Lipinski definition) is 4. The summed E-state index contributed by atoms with van der Waals surface area (Å²) in [4.78, 5) is 19.9. The maximum Gasteiger partial charge on any atom is 0.267 e. The van der Waals surface area contributed by atoms with Crippen LogP contribution in [0.2, 0.25) is 0 Å². The van der Waals surface area contributed by atoms with Crippen LogP contribution >= 0.6 is 11.3 Å². The monoisotopic (exact) mass is 351 g/mol. The Labute approximate surface area is 152 Å². The Kier molecular flexibility index (Phi) is 5.14. The number of aryl methyl sites for hydroxylation is 2. The third kappa shape index (κ3) is 3.72. The van der Waals surface area contributed by atoms with Gasteiger partial charge in [0.25, 0.3) is 5.91 Å². The van der Waals surface area contributed by atoms with Crippen molar-refractivity contribution in [3.8, 4) is 0 Å². The zero-order valence-corrected chi connectivity index (χ0v) is 15.4. The number of carbonyl (C=O) groups is 1. The fourth-order valence-corrected chi connectivity index (χ4v) is 3.56. The van der Waals surface area contributed by atoms with E-state index in [1.807, 2.05) is 75.5 Å². The van der Waals surface area contributed by atoms with E-state index in [4.69, 9.17) is 0 Å². The van der Waals surface area contributed by atoms with Gasteiger partial charge in [-0.3, -0.25) is 4.79 Å². The van der Waals surface area contributed by atoms with Crippen molar-refractivity contribution in [3.63, 3.8) is 0 Å². The fraction of sp³-hybridized carbons (Fsp3) is 0.200. The third-order valence-electron chi connectivity index (χ3n) is 4.01. The topological polar surface area (TPSA) is 45.2 Å². The number of nitrogens with zero attached hydrogens (tertiary/aromatic N) is 2. The fourth-order valence-electron chi connectivity index (χ4n) is 2.66. The van der Waals surface area contributed by atoms with Crippen molar-refractivity contribution in [1.82, 2.24) is 4.98 Å². The highest BCUT2D eigenvalue weighted by Gasteiger charge is 2.17. The van der Waals surface area contributed by atoms with E-state index in [1.165, 1.54) is 11.3 Å². The largest absolute Gasteiger partial charge is 0.343 e. The third-order valence-corrected chi connectivity index (χ3v) is 5.31. The van der Waals surface area contributed by atoms with E-state index >= 15 is 0 Å². The van der Waals surface area contributed by atoms with E-state index in [2.05, 4.69) is 15.2 Å². The minimum atomic E-state index is -0.108. The number of aromatic nitrogens is 1. The number of anilines is 3. The lowest BCUT2D eigenvalue weighted by Crippen LogP contribution is -2.16. The number of nitrogens with one attached hydrogen (secondary N) is 1. The SMILES string of the molecule is CCc1nc(C)c(C(=O)Nc2ccccc2N(C)c2ccccc2)s1. The van der Waals surface area contributed by atoms with Crippen molar-refractivity contribution in [2.24, 2.45) is 0 Å². The lowest BCUT2D eigenvalue weighted by molar-refractivity contribution is 0.103. The number of benzene rings is 2. The normalized spacial score (nSPS) is 10.5. The zero-order chi connectivity index (χ0) is 17.8. The van der Waals surface area contributed by atoms with Crippen LogP contribution in [0.25, 0.3) is 0 Å². The van der Waals surface area contributed by atoms with Crippen molar-refractivity contribution in [2.45, 2.75) is 20.3 Å². The molecule has 0 aliphatic rings. The molecule has 0 saturated carbocycles. The first-order chi connectivity index (χ1) is 12.1. The summed E-state index contributed by atoms with van der Waals surface area (Å²) in [6.07, 6.45) is 0.839. The summed E-state index contributed by atoms with van der Waals surface area (Å²) in [6.45, 7) is 3.93. The Bertz CT molecular complexity index is 874. The van der Waals surface area contributed by atoms with Gasteiger partial charge in [-0.1, -0.05) is 37.3 Å². The molecule has 25 heavy (non-hydrogen) atoms. The molecule has 0 radical (unpaired) electrons. The molecule has 0 unspecified atom stereocenters. The van der Waals surface area contributed by atoms with E-state index in [9.17, 15) is 4.79 Å². The van der Waals surface area contributed by atoms with Gasteiger partial charge >= 0.3 is 0 Å². The molecule has 4 nitrogen and oxygen atoms in total. The maximum atomic E-state index is 12.7. The second kappa shape index (κ2) is 7.49. The van der Waals surface area contributed by atoms with Gasteiger partial charge in [-0.25, -0.2) is 4.98 Å². The number of para-hydroxylation sites is 3. The molecule has 128 valence electrons. The molecule has 0 saturated heterocycles. The highest BCUT2D eigenvalue weighted by Crippen LogP contribution is 2.31. The second-order valence-electron chi connectivity index (χ2n) is 5.74. The van der Waals surface area contributed by atoms with E-state index < -0.39 is 0 Å². The molecule has 0 atom stereocenters. The molecule has 1 aromatic heterocycles. The maximum absolute atomic E-state index is 12.7. The Balaban J connectivity index is 1.88. The number of amides is 1. The van der Waals surface area contributed by atoms with Gasteiger partial charge in [0, 0.05) is 12.7 Å². The van der Waals surface area contributed by atoms with Gasteiger partial charge in [-0.2, -0.15) is 0 Å². The molecular weight excluding hydrogens is 330 g/mol. The van der Waals surface area contributed by atoms with Crippen LogP contribution in [-0.4, -0.2) is 17.9 Å². The first-order valence-electron chi connectivity index (χ1n) is 8.25. The van der Waals surface area contributed by atoms with Crippen LogP contribution in [0.15, 0.2) is 54.6 Å². The lowest BCUT2D eigenvalue weighted by Gasteiger charge is -2.22. The number of thiazole rings is 1. The van der Waals surface area contributed by atoms with Gasteiger partial charge in [0.1, 0.15) is 4.88 Å². The summed E-state index contributed by atoms with van der Waals surface area (Å²) in [5.41, 5.74) is 3.57. The average Bonchev–Trinajstić information content (AvgIpc) is 3.03. The zero-order valence-electron chi connectivity index (χ0n) is 14.6.